The normalized spacial score (nSPS) is 10.7. The first-order valence-electron chi connectivity index (χ1n) is 11.2. The lowest BCUT2D eigenvalue weighted by Crippen LogP contribution is -2.20. The first-order chi connectivity index (χ1) is 16.1. The molecule has 33 heavy (non-hydrogen) atoms. The highest BCUT2D eigenvalue weighted by atomic mass is 16.5. The number of pyridine rings is 2. The molecule has 0 aliphatic rings. The maximum Gasteiger partial charge on any atom is 0.219 e. The fraction of sp³-hybridized carbons (Fsp3) is 0.207. The van der Waals surface area contributed by atoms with Crippen molar-refractivity contribution in [2.45, 2.75) is 20.8 Å². The second-order valence-corrected chi connectivity index (χ2v) is 7.72. The second-order valence-electron chi connectivity index (χ2n) is 7.72. The average Bonchev–Trinajstić information content (AvgIpc) is 2.87. The Morgan fingerprint density at radius 2 is 1.24 bits per heavy atom. The van der Waals surface area contributed by atoms with Crippen LogP contribution < -0.4 is 18.6 Å². The molecule has 4 nitrogen and oxygen atoms in total. The standard InChI is InChI=1S/C27H24NO3.C2H6/c1-17-5-7-18(8-6-17)23-15-22-19(12-25(23)29-2)9-10-28-16-21-14-27(31-4)26(30-3)13-20(21)11-24(22)28;1-2/h5-16H,1-4H3;1-2H3/q+1;. The SMILES string of the molecule is CC.COc1cc2cc3c4cc(-c5ccc(C)cc5)c(OC)cc4cc[n+]3cc2cc1OC. The molecule has 168 valence electrons. The van der Waals surface area contributed by atoms with Crippen molar-refractivity contribution < 1.29 is 18.6 Å². The molecule has 0 saturated carbocycles. The van der Waals surface area contributed by atoms with Crippen LogP contribution in [0.3, 0.4) is 0 Å². The van der Waals surface area contributed by atoms with E-state index in [1.807, 2.05) is 26.0 Å². The molecular formula is C29H30NO3+. The van der Waals surface area contributed by atoms with Gasteiger partial charge in [0.2, 0.25) is 5.52 Å². The van der Waals surface area contributed by atoms with Crippen LogP contribution in [0.1, 0.15) is 19.4 Å². The molecule has 5 rings (SSSR count). The molecule has 0 amide bonds. The largest absolute Gasteiger partial charge is 0.496 e. The van der Waals surface area contributed by atoms with Gasteiger partial charge in [-0.15, -0.1) is 0 Å². The van der Waals surface area contributed by atoms with E-state index < -0.39 is 0 Å². The molecule has 0 radical (unpaired) electrons. The number of fused-ring (bicyclic) bond motifs is 4. The van der Waals surface area contributed by atoms with Crippen molar-refractivity contribution in [3.63, 3.8) is 0 Å². The molecule has 0 fully saturated rings. The van der Waals surface area contributed by atoms with E-state index in [1.54, 1.807) is 21.3 Å². The van der Waals surface area contributed by atoms with Crippen LogP contribution in [0.25, 0.3) is 38.2 Å². The van der Waals surface area contributed by atoms with Crippen molar-refractivity contribution in [2.24, 2.45) is 0 Å². The molecule has 5 aromatic rings. The Morgan fingerprint density at radius 1 is 0.636 bits per heavy atom. The summed E-state index contributed by atoms with van der Waals surface area (Å²) in [6, 6.07) is 21.2. The smallest absolute Gasteiger partial charge is 0.219 e. The molecule has 0 spiro atoms. The van der Waals surface area contributed by atoms with Crippen molar-refractivity contribution in [1.82, 2.24) is 0 Å². The number of methoxy groups -OCH3 is 3. The number of benzene rings is 3. The van der Waals surface area contributed by atoms with Crippen LogP contribution in [0.15, 0.2) is 73.1 Å². The third-order valence-electron chi connectivity index (χ3n) is 5.86. The van der Waals surface area contributed by atoms with Crippen LogP contribution in [0.4, 0.5) is 0 Å². The fourth-order valence-electron chi connectivity index (χ4n) is 4.17. The zero-order valence-corrected chi connectivity index (χ0v) is 20.1. The number of hydrogen-bond acceptors (Lipinski definition) is 3. The van der Waals surface area contributed by atoms with Gasteiger partial charge in [-0.05, 0) is 47.5 Å². The number of aryl methyl sites for hydroxylation is 1. The predicted octanol–water partition coefficient (Wildman–Crippen LogP) is 6.76. The van der Waals surface area contributed by atoms with Crippen LogP contribution in [-0.2, 0) is 0 Å². The summed E-state index contributed by atoms with van der Waals surface area (Å²) in [5.74, 6) is 2.32. The maximum absolute atomic E-state index is 5.74. The molecule has 0 atom stereocenters. The van der Waals surface area contributed by atoms with E-state index >= 15 is 0 Å². The molecule has 0 aliphatic carbocycles. The summed E-state index contributed by atoms with van der Waals surface area (Å²) in [5.41, 5.74) is 4.57. The molecule has 0 N–H and O–H groups in total. The van der Waals surface area contributed by atoms with Crippen molar-refractivity contribution in [2.75, 3.05) is 21.3 Å². The average molecular weight is 441 g/mol. The maximum atomic E-state index is 5.74. The van der Waals surface area contributed by atoms with E-state index in [1.165, 1.54) is 5.56 Å². The summed E-state index contributed by atoms with van der Waals surface area (Å²) >= 11 is 0. The fourth-order valence-corrected chi connectivity index (χ4v) is 4.17. The topological polar surface area (TPSA) is 31.8 Å². The predicted molar refractivity (Wildman–Crippen MR) is 136 cm³/mol. The molecule has 3 aromatic carbocycles. The summed E-state index contributed by atoms with van der Waals surface area (Å²) in [6.45, 7) is 6.10. The first kappa shape index (κ1) is 22.4. The minimum atomic E-state index is 0.724. The minimum Gasteiger partial charge on any atom is -0.496 e. The molecule has 0 unspecified atom stereocenters. The van der Waals surface area contributed by atoms with E-state index in [0.29, 0.717) is 0 Å². The molecule has 2 heterocycles. The molecule has 2 aromatic heterocycles. The third kappa shape index (κ3) is 4.05. The summed E-state index contributed by atoms with van der Waals surface area (Å²) in [4.78, 5) is 0. The van der Waals surface area contributed by atoms with Gasteiger partial charge in [0.25, 0.3) is 0 Å². The lowest BCUT2D eigenvalue weighted by Gasteiger charge is -2.12. The number of ether oxygens (including phenoxy) is 3. The number of nitrogens with zero attached hydrogens (tertiary/aromatic N) is 1. The van der Waals surface area contributed by atoms with Crippen LogP contribution in [0.2, 0.25) is 0 Å². The van der Waals surface area contributed by atoms with Crippen LogP contribution in [0, 0.1) is 6.92 Å². The number of hydrogen-bond donors (Lipinski definition) is 0. The summed E-state index contributed by atoms with van der Waals surface area (Å²) in [5, 5.41) is 4.47. The van der Waals surface area contributed by atoms with E-state index in [4.69, 9.17) is 14.2 Å². The Kier molecular flexibility index (Phi) is 6.36. The van der Waals surface area contributed by atoms with Gasteiger partial charge >= 0.3 is 0 Å². The lowest BCUT2D eigenvalue weighted by atomic mass is 9.98. The Bertz CT molecular complexity index is 1440. The highest BCUT2D eigenvalue weighted by molar-refractivity contribution is 6.01. The van der Waals surface area contributed by atoms with Gasteiger partial charge in [0.05, 0.1) is 32.1 Å². The Hall–Kier alpha value is -3.79. The molecular weight excluding hydrogens is 410 g/mol. The van der Waals surface area contributed by atoms with E-state index in [9.17, 15) is 0 Å². The van der Waals surface area contributed by atoms with Gasteiger partial charge < -0.3 is 14.2 Å². The van der Waals surface area contributed by atoms with Gasteiger partial charge in [0, 0.05) is 17.7 Å². The van der Waals surface area contributed by atoms with Gasteiger partial charge in [-0.2, -0.15) is 4.40 Å². The van der Waals surface area contributed by atoms with Crippen LogP contribution >= 0.6 is 0 Å². The van der Waals surface area contributed by atoms with Gasteiger partial charge in [-0.3, -0.25) is 0 Å². The summed E-state index contributed by atoms with van der Waals surface area (Å²) in [6.07, 6.45) is 4.21. The van der Waals surface area contributed by atoms with E-state index in [2.05, 4.69) is 72.2 Å². The summed E-state index contributed by atoms with van der Waals surface area (Å²) in [7, 11) is 5.04. The molecule has 0 bridgehead atoms. The Balaban J connectivity index is 0.00000126. The van der Waals surface area contributed by atoms with Crippen molar-refractivity contribution in [1.29, 1.82) is 0 Å². The lowest BCUT2D eigenvalue weighted by molar-refractivity contribution is -0.509. The van der Waals surface area contributed by atoms with Crippen LogP contribution in [-0.4, -0.2) is 21.3 Å². The van der Waals surface area contributed by atoms with Crippen molar-refractivity contribution >= 4 is 27.1 Å². The highest BCUT2D eigenvalue weighted by Crippen LogP contribution is 2.36. The van der Waals surface area contributed by atoms with E-state index in [-0.39, 0.29) is 0 Å². The second kappa shape index (κ2) is 9.37. The van der Waals surface area contributed by atoms with E-state index in [0.717, 1.165) is 55.4 Å². The number of rotatable bonds is 4. The first-order valence-corrected chi connectivity index (χ1v) is 11.2. The van der Waals surface area contributed by atoms with Gasteiger partial charge in [-0.1, -0.05) is 43.7 Å². The molecule has 0 saturated heterocycles. The van der Waals surface area contributed by atoms with Gasteiger partial charge in [0.1, 0.15) is 5.75 Å². The van der Waals surface area contributed by atoms with Gasteiger partial charge in [0.15, 0.2) is 23.9 Å². The van der Waals surface area contributed by atoms with Crippen molar-refractivity contribution in [3.05, 3.63) is 78.6 Å². The quantitative estimate of drug-likeness (QED) is 0.176. The van der Waals surface area contributed by atoms with Gasteiger partial charge in [-0.25, -0.2) is 0 Å². The van der Waals surface area contributed by atoms with Crippen molar-refractivity contribution in [3.8, 4) is 28.4 Å². The Labute approximate surface area is 195 Å². The van der Waals surface area contributed by atoms with Crippen LogP contribution in [0.5, 0.6) is 17.2 Å². The minimum absolute atomic E-state index is 0.724. The zero-order chi connectivity index (χ0) is 23.5. The number of aromatic nitrogens is 1. The molecule has 4 heteroatoms. The highest BCUT2D eigenvalue weighted by Gasteiger charge is 2.16. The Morgan fingerprint density at radius 3 is 1.88 bits per heavy atom. The molecule has 0 aliphatic heterocycles. The third-order valence-corrected chi connectivity index (χ3v) is 5.86. The zero-order valence-electron chi connectivity index (χ0n) is 20.1. The monoisotopic (exact) mass is 440 g/mol. The summed E-state index contributed by atoms with van der Waals surface area (Å²) < 4.78 is 18.9.